The molecule has 0 heterocycles. The molecule has 0 aromatic carbocycles. The van der Waals surface area contributed by atoms with Crippen LogP contribution in [-0.2, 0) is 24.0 Å². The minimum absolute atomic E-state index is 0.0499. The summed E-state index contributed by atoms with van der Waals surface area (Å²) in [5.41, 5.74) is 11.4. The summed E-state index contributed by atoms with van der Waals surface area (Å²) in [6.07, 6.45) is 1.06. The van der Waals surface area contributed by atoms with Gasteiger partial charge in [0, 0.05) is 0 Å². The molecule has 0 fully saturated rings. The highest BCUT2D eigenvalue weighted by Crippen LogP contribution is 2.08. The maximum absolute atomic E-state index is 12.9. The Balaban J connectivity index is 5.52. The normalized spacial score (nSPS) is 14.7. The van der Waals surface area contributed by atoms with E-state index in [-0.39, 0.29) is 24.7 Å². The summed E-state index contributed by atoms with van der Waals surface area (Å²) in [6.45, 7) is 7.73. The zero-order chi connectivity index (χ0) is 26.4. The summed E-state index contributed by atoms with van der Waals surface area (Å²) >= 11 is 0. The van der Waals surface area contributed by atoms with E-state index in [1.165, 1.54) is 0 Å². The van der Waals surface area contributed by atoms with Crippen molar-refractivity contribution >= 4 is 29.7 Å². The van der Waals surface area contributed by atoms with Crippen LogP contribution in [0.25, 0.3) is 0 Å². The number of carboxylic acid groups (broad SMARTS) is 2. The molecule has 4 unspecified atom stereocenters. The molecule has 12 heteroatoms. The fourth-order valence-electron chi connectivity index (χ4n) is 3.28. The van der Waals surface area contributed by atoms with Gasteiger partial charge in [0.15, 0.2) is 0 Å². The first-order chi connectivity index (χ1) is 15.8. The molecule has 4 atom stereocenters. The van der Waals surface area contributed by atoms with Crippen LogP contribution in [0.4, 0.5) is 0 Å². The molecule has 0 aliphatic rings. The molecule has 196 valence electrons. The standard InChI is InChI=1S/C22H41N5O7/c1-12(2)9-14(24)19(30)25-15(7-5-6-8-23)20(31)26-16(11-18(28)29)21(32)27-17(22(33)34)10-13(3)4/h12-17H,5-11,23-24H2,1-4H3,(H,25,30)(H,26,31)(H,27,32)(H,28,29)(H,33,34). The number of aliphatic carboxylic acids is 2. The van der Waals surface area contributed by atoms with Crippen LogP contribution in [-0.4, -0.2) is 70.6 Å². The first kappa shape index (κ1) is 31.3. The molecule has 9 N–H and O–H groups in total. The molecule has 0 saturated heterocycles. The first-order valence-electron chi connectivity index (χ1n) is 11.6. The van der Waals surface area contributed by atoms with Gasteiger partial charge in [-0.15, -0.1) is 0 Å². The van der Waals surface area contributed by atoms with Crippen LogP contribution in [0, 0.1) is 11.8 Å². The number of amides is 3. The molecule has 0 rings (SSSR count). The van der Waals surface area contributed by atoms with E-state index < -0.39 is 60.2 Å². The highest BCUT2D eigenvalue weighted by Gasteiger charge is 2.31. The van der Waals surface area contributed by atoms with Gasteiger partial charge in [0.05, 0.1) is 12.5 Å². The van der Waals surface area contributed by atoms with Gasteiger partial charge in [0.2, 0.25) is 17.7 Å². The topological polar surface area (TPSA) is 214 Å². The van der Waals surface area contributed by atoms with Crippen LogP contribution in [0.2, 0.25) is 0 Å². The third kappa shape index (κ3) is 13.1. The number of hydrogen-bond donors (Lipinski definition) is 7. The zero-order valence-electron chi connectivity index (χ0n) is 20.5. The van der Waals surface area contributed by atoms with Crippen molar-refractivity contribution in [1.82, 2.24) is 16.0 Å². The van der Waals surface area contributed by atoms with Crippen molar-refractivity contribution in [1.29, 1.82) is 0 Å². The minimum Gasteiger partial charge on any atom is -0.481 e. The van der Waals surface area contributed by atoms with Crippen molar-refractivity contribution in [2.24, 2.45) is 23.3 Å². The van der Waals surface area contributed by atoms with Gasteiger partial charge in [-0.05, 0) is 50.5 Å². The van der Waals surface area contributed by atoms with Gasteiger partial charge in [-0.2, -0.15) is 0 Å². The molecule has 12 nitrogen and oxygen atoms in total. The van der Waals surface area contributed by atoms with E-state index in [9.17, 15) is 34.2 Å². The molecule has 0 saturated carbocycles. The minimum atomic E-state index is -1.53. The highest BCUT2D eigenvalue weighted by molar-refractivity contribution is 5.95. The van der Waals surface area contributed by atoms with Crippen molar-refractivity contribution in [3.05, 3.63) is 0 Å². The van der Waals surface area contributed by atoms with Crippen LogP contribution in [0.5, 0.6) is 0 Å². The van der Waals surface area contributed by atoms with Crippen LogP contribution < -0.4 is 27.4 Å². The van der Waals surface area contributed by atoms with Crippen LogP contribution in [0.3, 0.4) is 0 Å². The number of carbonyl (C=O) groups excluding carboxylic acids is 3. The van der Waals surface area contributed by atoms with Crippen molar-refractivity contribution < 1.29 is 34.2 Å². The van der Waals surface area contributed by atoms with Crippen molar-refractivity contribution in [2.45, 2.75) is 90.4 Å². The Hall–Kier alpha value is -2.73. The Labute approximate surface area is 200 Å². The average Bonchev–Trinajstić information content (AvgIpc) is 2.70. The number of rotatable bonds is 17. The summed E-state index contributed by atoms with van der Waals surface area (Å²) in [5, 5.41) is 25.8. The Morgan fingerprint density at radius 1 is 0.735 bits per heavy atom. The Morgan fingerprint density at radius 2 is 1.24 bits per heavy atom. The Morgan fingerprint density at radius 3 is 1.71 bits per heavy atom. The Bertz CT molecular complexity index is 699. The molecule has 0 aliphatic carbocycles. The van der Waals surface area contributed by atoms with E-state index in [0.29, 0.717) is 25.8 Å². The maximum atomic E-state index is 12.9. The van der Waals surface area contributed by atoms with E-state index >= 15 is 0 Å². The largest absolute Gasteiger partial charge is 0.481 e. The second kappa shape index (κ2) is 16.0. The van der Waals surface area contributed by atoms with Crippen molar-refractivity contribution in [3.63, 3.8) is 0 Å². The van der Waals surface area contributed by atoms with E-state index in [4.69, 9.17) is 11.5 Å². The second-order valence-electron chi connectivity index (χ2n) is 9.27. The number of hydrogen-bond acceptors (Lipinski definition) is 7. The van der Waals surface area contributed by atoms with Crippen molar-refractivity contribution in [2.75, 3.05) is 6.54 Å². The van der Waals surface area contributed by atoms with Crippen LogP contribution >= 0.6 is 0 Å². The SMILES string of the molecule is CC(C)CC(N)C(=O)NC(CCCCN)C(=O)NC(CC(=O)O)C(=O)NC(CC(C)C)C(=O)O. The maximum Gasteiger partial charge on any atom is 0.326 e. The summed E-state index contributed by atoms with van der Waals surface area (Å²) < 4.78 is 0. The quantitative estimate of drug-likeness (QED) is 0.132. The fourth-order valence-corrected chi connectivity index (χ4v) is 3.28. The van der Waals surface area contributed by atoms with Gasteiger partial charge >= 0.3 is 11.9 Å². The van der Waals surface area contributed by atoms with E-state index in [0.717, 1.165) is 0 Å². The number of carboxylic acids is 2. The van der Waals surface area contributed by atoms with Crippen LogP contribution in [0.15, 0.2) is 0 Å². The summed E-state index contributed by atoms with van der Waals surface area (Å²) in [6, 6.07) is -4.67. The molecule has 0 spiro atoms. The number of carbonyl (C=O) groups is 5. The van der Waals surface area contributed by atoms with E-state index in [1.54, 1.807) is 13.8 Å². The molecule has 0 bridgehead atoms. The Kier molecular flexibility index (Phi) is 14.7. The smallest absolute Gasteiger partial charge is 0.326 e. The van der Waals surface area contributed by atoms with Gasteiger partial charge in [0.1, 0.15) is 18.1 Å². The lowest BCUT2D eigenvalue weighted by Gasteiger charge is -2.25. The first-order valence-corrected chi connectivity index (χ1v) is 11.6. The number of nitrogens with one attached hydrogen (secondary N) is 3. The predicted molar refractivity (Wildman–Crippen MR) is 125 cm³/mol. The third-order valence-electron chi connectivity index (χ3n) is 4.98. The average molecular weight is 488 g/mol. The molecule has 0 radical (unpaired) electrons. The second-order valence-corrected chi connectivity index (χ2v) is 9.27. The number of unbranched alkanes of at least 4 members (excludes halogenated alkanes) is 1. The van der Waals surface area contributed by atoms with Gasteiger partial charge in [-0.25, -0.2) is 4.79 Å². The lowest BCUT2D eigenvalue weighted by atomic mass is 10.0. The zero-order valence-corrected chi connectivity index (χ0v) is 20.5. The highest BCUT2D eigenvalue weighted by atomic mass is 16.4. The monoisotopic (exact) mass is 487 g/mol. The van der Waals surface area contributed by atoms with Crippen LogP contribution in [0.1, 0.15) is 66.2 Å². The summed E-state index contributed by atoms with van der Waals surface area (Å²) in [4.78, 5) is 60.8. The molecule has 0 aliphatic heterocycles. The predicted octanol–water partition coefficient (Wildman–Crippen LogP) is -0.451. The van der Waals surface area contributed by atoms with Gasteiger partial charge in [-0.1, -0.05) is 27.7 Å². The summed E-state index contributed by atoms with van der Waals surface area (Å²) in [7, 11) is 0. The molecule has 0 aromatic heterocycles. The molecule has 34 heavy (non-hydrogen) atoms. The molecule has 3 amide bonds. The number of nitrogens with two attached hydrogens (primary N) is 2. The fraction of sp³-hybridized carbons (Fsp3) is 0.773. The molecular weight excluding hydrogens is 446 g/mol. The third-order valence-corrected chi connectivity index (χ3v) is 4.98. The lowest BCUT2D eigenvalue weighted by molar-refractivity contribution is -0.144. The lowest BCUT2D eigenvalue weighted by Crippen LogP contribution is -2.57. The van der Waals surface area contributed by atoms with Crippen molar-refractivity contribution in [3.8, 4) is 0 Å². The molecule has 0 aromatic rings. The van der Waals surface area contributed by atoms with Gasteiger partial charge < -0.3 is 37.6 Å². The van der Waals surface area contributed by atoms with Gasteiger partial charge in [0.25, 0.3) is 0 Å². The van der Waals surface area contributed by atoms with E-state index in [2.05, 4.69) is 16.0 Å². The van der Waals surface area contributed by atoms with E-state index in [1.807, 2.05) is 13.8 Å². The van der Waals surface area contributed by atoms with Gasteiger partial charge in [-0.3, -0.25) is 19.2 Å². The molecular formula is C22H41N5O7. The summed E-state index contributed by atoms with van der Waals surface area (Å²) in [5.74, 6) is -4.77.